The first-order valence-electron chi connectivity index (χ1n) is 24.2. The SMILES string of the molecule is CC(=O)O[C@@]12CO[C@@H]1C[C@H](OC(=O)N1CCN(C)CC1)[C@@]1(C)[C@@H]3OC(C)(C)O[C@@H]3C3=C(C)[C@@H](OC(=O)[C@H](O)[C@@H](NC(=O)OC(C)(C)C)c4ccccc4)C[C@@](O)([C@@H](OC(=O)c4ccccc4)[C@H]21)C3(C)C. The summed E-state index contributed by atoms with van der Waals surface area (Å²) in [6.45, 7) is 18.8. The molecule has 5 fully saturated rings. The molecule has 18 nitrogen and oxygen atoms in total. The average Bonchev–Trinajstić information content (AvgIpc) is 3.61. The number of amides is 2. The van der Waals surface area contributed by atoms with Gasteiger partial charge in [0.05, 0.1) is 24.1 Å². The molecule has 0 unspecified atom stereocenters. The van der Waals surface area contributed by atoms with Crippen LogP contribution in [0.15, 0.2) is 71.8 Å². The Morgan fingerprint density at radius 1 is 0.871 bits per heavy atom. The molecular weight excluding hydrogens is 907 g/mol. The molecule has 382 valence electrons. The smallest absolute Gasteiger partial charge is 0.410 e. The second kappa shape index (κ2) is 18.5. The van der Waals surface area contributed by atoms with Gasteiger partial charge in [-0.05, 0) is 77.4 Å². The number of nitrogens with one attached hydrogen (secondary N) is 1. The third-order valence-electron chi connectivity index (χ3n) is 15.5. The zero-order chi connectivity index (χ0) is 50.9. The maximum Gasteiger partial charge on any atom is 0.410 e. The van der Waals surface area contributed by atoms with E-state index in [1.165, 1.54) is 6.92 Å². The minimum absolute atomic E-state index is 0.0456. The molecule has 2 aromatic carbocycles. The maximum absolute atomic E-state index is 14.8. The van der Waals surface area contributed by atoms with Gasteiger partial charge in [0, 0.05) is 56.8 Å². The third-order valence-corrected chi connectivity index (χ3v) is 15.5. The van der Waals surface area contributed by atoms with Gasteiger partial charge in [0.25, 0.3) is 0 Å². The number of nitrogens with zero attached hydrogens (tertiary/aromatic N) is 2. The van der Waals surface area contributed by atoms with Gasteiger partial charge in [-0.15, -0.1) is 0 Å². The summed E-state index contributed by atoms with van der Waals surface area (Å²) >= 11 is 0. The van der Waals surface area contributed by atoms with E-state index in [1.54, 1.807) is 121 Å². The molecule has 3 heterocycles. The quantitative estimate of drug-likeness (QED) is 0.166. The van der Waals surface area contributed by atoms with Crippen molar-refractivity contribution in [2.75, 3.05) is 39.8 Å². The first kappa shape index (κ1) is 51.3. The highest BCUT2D eigenvalue weighted by Gasteiger charge is 2.80. The number of aliphatic hydroxyl groups excluding tert-OH is 1. The third kappa shape index (κ3) is 9.08. The minimum atomic E-state index is -2.24. The number of aliphatic hydroxyl groups is 2. The summed E-state index contributed by atoms with van der Waals surface area (Å²) in [5.74, 6) is -5.21. The average molecular weight is 976 g/mol. The van der Waals surface area contributed by atoms with E-state index >= 15 is 0 Å². The van der Waals surface area contributed by atoms with Gasteiger partial charge in [-0.3, -0.25) is 4.79 Å². The molecule has 12 atom stereocenters. The number of ether oxygens (including phenoxy) is 8. The van der Waals surface area contributed by atoms with Crippen LogP contribution in [0.25, 0.3) is 0 Å². The molecule has 2 saturated carbocycles. The molecule has 8 rings (SSSR count). The fourth-order valence-corrected chi connectivity index (χ4v) is 12.0. The van der Waals surface area contributed by atoms with Crippen molar-refractivity contribution in [3.05, 3.63) is 82.9 Å². The number of carbonyl (C=O) groups is 5. The minimum Gasteiger partial charge on any atom is -0.456 e. The first-order chi connectivity index (χ1) is 32.7. The standard InChI is InChI=1S/C52H69N3O15/c1-29-33(64-44(59)38(57)37(31-18-14-12-15-19-31)53-45(60)70-47(3,4)5)27-52(62)42(66-43(58)32-20-16-13-17-21-32)40-50(10,41-39(36(29)48(52,6)7)68-49(8,9)69-41)34(26-35-51(40,28-63-35)67-30(2)56)65-46(61)55-24-22-54(11)23-25-55/h12-21,33-35,37-42,57,62H,22-28H2,1-11H3,(H,53,60)/t33-,34-,35+,37-,38+,39+,40-,41+,42-,50+,51-,52+/m0/s1. The Hall–Kier alpha value is -5.11. The summed E-state index contributed by atoms with van der Waals surface area (Å²) < 4.78 is 51.9. The van der Waals surface area contributed by atoms with Gasteiger partial charge in [0.1, 0.15) is 47.8 Å². The highest BCUT2D eigenvalue weighted by Crippen LogP contribution is 2.67. The Morgan fingerprint density at radius 3 is 2.09 bits per heavy atom. The van der Waals surface area contributed by atoms with Crippen LogP contribution in [0.4, 0.5) is 9.59 Å². The molecule has 2 amide bonds. The topological polar surface area (TPSA) is 218 Å². The molecule has 3 N–H and O–H groups in total. The number of hydrogen-bond acceptors (Lipinski definition) is 16. The van der Waals surface area contributed by atoms with E-state index in [9.17, 15) is 34.2 Å². The fourth-order valence-electron chi connectivity index (χ4n) is 12.0. The van der Waals surface area contributed by atoms with E-state index in [-0.39, 0.29) is 18.6 Å². The predicted molar refractivity (Wildman–Crippen MR) is 250 cm³/mol. The lowest BCUT2D eigenvalue weighted by Crippen LogP contribution is -2.82. The van der Waals surface area contributed by atoms with Crippen LogP contribution in [-0.2, 0) is 47.5 Å². The molecule has 3 aliphatic carbocycles. The predicted octanol–water partition coefficient (Wildman–Crippen LogP) is 5.24. The van der Waals surface area contributed by atoms with Gasteiger partial charge in [0.2, 0.25) is 0 Å². The second-order valence-electron chi connectivity index (χ2n) is 22.0. The summed E-state index contributed by atoms with van der Waals surface area (Å²) in [5.41, 5.74) is -6.21. The van der Waals surface area contributed by atoms with Crippen molar-refractivity contribution in [2.45, 2.75) is 153 Å². The van der Waals surface area contributed by atoms with Gasteiger partial charge in [0.15, 0.2) is 17.5 Å². The second-order valence-corrected chi connectivity index (χ2v) is 22.0. The van der Waals surface area contributed by atoms with E-state index in [2.05, 4.69) is 10.2 Å². The van der Waals surface area contributed by atoms with Crippen molar-refractivity contribution in [1.29, 1.82) is 0 Å². The summed E-state index contributed by atoms with van der Waals surface area (Å²) in [6, 6.07) is 15.3. The molecule has 70 heavy (non-hydrogen) atoms. The van der Waals surface area contributed by atoms with Gasteiger partial charge < -0.3 is 63.2 Å². The Balaban J connectivity index is 1.30. The van der Waals surface area contributed by atoms with Crippen LogP contribution in [0, 0.1) is 16.7 Å². The van der Waals surface area contributed by atoms with Crippen molar-refractivity contribution < 1.29 is 72.1 Å². The summed E-state index contributed by atoms with van der Waals surface area (Å²) in [7, 11) is 1.97. The van der Waals surface area contributed by atoms with Crippen LogP contribution in [-0.4, -0.2) is 155 Å². The molecule has 0 spiro atoms. The van der Waals surface area contributed by atoms with Gasteiger partial charge in [-0.25, -0.2) is 19.2 Å². The molecule has 2 bridgehead atoms. The number of alkyl carbamates (subject to hydrolysis) is 1. The van der Waals surface area contributed by atoms with Gasteiger partial charge >= 0.3 is 30.1 Å². The lowest BCUT2D eigenvalue weighted by molar-refractivity contribution is -0.362. The molecule has 18 heteroatoms. The Labute approximate surface area is 409 Å². The van der Waals surface area contributed by atoms with Crippen molar-refractivity contribution in [2.24, 2.45) is 16.7 Å². The number of benzene rings is 2. The zero-order valence-corrected chi connectivity index (χ0v) is 42.0. The first-order valence-corrected chi connectivity index (χ1v) is 24.2. The maximum atomic E-state index is 14.8. The van der Waals surface area contributed by atoms with Crippen molar-refractivity contribution in [1.82, 2.24) is 15.1 Å². The number of rotatable bonds is 9. The summed E-state index contributed by atoms with van der Waals surface area (Å²) in [4.78, 5) is 74.1. The van der Waals surface area contributed by atoms with Crippen molar-refractivity contribution in [3.8, 4) is 0 Å². The molecule has 3 aliphatic heterocycles. The van der Waals surface area contributed by atoms with Crippen LogP contribution in [0.3, 0.4) is 0 Å². The highest BCUT2D eigenvalue weighted by molar-refractivity contribution is 5.89. The zero-order valence-electron chi connectivity index (χ0n) is 42.0. The molecule has 0 radical (unpaired) electrons. The highest BCUT2D eigenvalue weighted by atomic mass is 16.8. The molecule has 3 saturated heterocycles. The number of likely N-dealkylation sites (N-methyl/N-ethyl adjacent to an activating group) is 1. The Morgan fingerprint density at radius 2 is 1.50 bits per heavy atom. The number of hydrogen-bond donors (Lipinski definition) is 3. The molecule has 0 aromatic heterocycles. The lowest BCUT2D eigenvalue weighted by atomic mass is 9.44. The van der Waals surface area contributed by atoms with Gasteiger partial charge in [-0.1, -0.05) is 69.3 Å². The van der Waals surface area contributed by atoms with E-state index in [0.717, 1.165) is 0 Å². The summed E-state index contributed by atoms with van der Waals surface area (Å²) in [5, 5.41) is 28.7. The number of esters is 3. The molecule has 6 aliphatic rings. The Kier molecular flexibility index (Phi) is 13.5. The molecule has 2 aromatic rings. The van der Waals surface area contributed by atoms with E-state index in [0.29, 0.717) is 42.9 Å². The van der Waals surface area contributed by atoms with E-state index in [4.69, 9.17) is 37.9 Å². The summed E-state index contributed by atoms with van der Waals surface area (Å²) in [6.07, 6.45) is -10.9. The van der Waals surface area contributed by atoms with Crippen molar-refractivity contribution in [3.63, 3.8) is 0 Å². The fraction of sp³-hybridized carbons (Fsp3) is 0.635. The van der Waals surface area contributed by atoms with E-state index < -0.39 is 125 Å². The number of carbonyl (C=O) groups excluding carboxylic acids is 5. The lowest BCUT2D eigenvalue weighted by Gasteiger charge is -2.69. The molecular formula is C52H69N3O15. The monoisotopic (exact) mass is 975 g/mol. The number of fused-ring (bicyclic) bond motifs is 8. The van der Waals surface area contributed by atoms with Crippen molar-refractivity contribution >= 4 is 30.1 Å². The normalized spacial score (nSPS) is 34.1. The van der Waals surface area contributed by atoms with Crippen LogP contribution in [0.2, 0.25) is 0 Å². The van der Waals surface area contributed by atoms with Crippen LogP contribution in [0.1, 0.15) is 104 Å². The van der Waals surface area contributed by atoms with E-state index in [1.807, 2.05) is 14.0 Å². The largest absolute Gasteiger partial charge is 0.456 e. The van der Waals surface area contributed by atoms with Crippen LogP contribution in [0.5, 0.6) is 0 Å². The van der Waals surface area contributed by atoms with Crippen LogP contribution >= 0.6 is 0 Å². The number of piperazine rings is 1. The van der Waals surface area contributed by atoms with Crippen LogP contribution < -0.4 is 5.32 Å². The van der Waals surface area contributed by atoms with Gasteiger partial charge in [-0.2, -0.15) is 0 Å². The Bertz CT molecular complexity index is 2360.